The summed E-state index contributed by atoms with van der Waals surface area (Å²) in [4.78, 5) is 8.16. The van der Waals surface area contributed by atoms with Crippen LogP contribution in [-0.4, -0.2) is 62.5 Å². The van der Waals surface area contributed by atoms with Gasteiger partial charge in [-0.3, -0.25) is 9.89 Å². The van der Waals surface area contributed by atoms with Gasteiger partial charge in [0.15, 0.2) is 5.96 Å². The maximum Gasteiger partial charge on any atom is 0.191 e. The van der Waals surface area contributed by atoms with Crippen molar-refractivity contribution in [3.8, 4) is 0 Å². The normalized spacial score (nSPS) is 21.7. The number of hydrogen-bond acceptors (Lipinski definition) is 4. The van der Waals surface area contributed by atoms with Crippen LogP contribution in [0.1, 0.15) is 31.4 Å². The summed E-state index contributed by atoms with van der Waals surface area (Å²) >= 11 is 1.79. The van der Waals surface area contributed by atoms with E-state index in [1.54, 1.807) is 11.8 Å². The molecule has 1 aliphatic heterocycles. The zero-order valence-electron chi connectivity index (χ0n) is 16.8. The summed E-state index contributed by atoms with van der Waals surface area (Å²) in [6.07, 6.45) is 3.89. The van der Waals surface area contributed by atoms with Crippen molar-refractivity contribution in [1.82, 2.24) is 15.5 Å². The lowest BCUT2D eigenvalue weighted by molar-refractivity contribution is -0.0679. The molecule has 6 heteroatoms. The highest BCUT2D eigenvalue weighted by molar-refractivity contribution is 7.98. The highest BCUT2D eigenvalue weighted by Crippen LogP contribution is 2.21. The van der Waals surface area contributed by atoms with Gasteiger partial charge < -0.3 is 15.4 Å². The maximum atomic E-state index is 5.79. The van der Waals surface area contributed by atoms with Crippen LogP contribution < -0.4 is 10.6 Å². The van der Waals surface area contributed by atoms with Gasteiger partial charge in [-0.25, -0.2) is 0 Å². The fraction of sp³-hybridized carbons (Fsp3) is 0.650. The van der Waals surface area contributed by atoms with Crippen LogP contribution in [0.5, 0.6) is 0 Å². The molecule has 0 aliphatic carbocycles. The third kappa shape index (κ3) is 6.82. The van der Waals surface area contributed by atoms with E-state index in [0.29, 0.717) is 12.2 Å². The summed E-state index contributed by atoms with van der Waals surface area (Å²) in [5, 5.41) is 6.85. The lowest BCUT2D eigenvalue weighted by Gasteiger charge is -2.35. The predicted molar refractivity (Wildman–Crippen MR) is 112 cm³/mol. The van der Waals surface area contributed by atoms with E-state index in [1.807, 2.05) is 7.05 Å². The van der Waals surface area contributed by atoms with Crippen LogP contribution in [0.2, 0.25) is 0 Å². The summed E-state index contributed by atoms with van der Waals surface area (Å²) in [6.45, 7) is 11.3. The topological polar surface area (TPSA) is 48.9 Å². The maximum absolute atomic E-state index is 5.79. The van der Waals surface area contributed by atoms with Gasteiger partial charge in [0.1, 0.15) is 0 Å². The van der Waals surface area contributed by atoms with E-state index >= 15 is 0 Å². The average Bonchev–Trinajstić information content (AvgIpc) is 2.61. The molecule has 2 unspecified atom stereocenters. The molecule has 2 atom stereocenters. The van der Waals surface area contributed by atoms with Crippen LogP contribution in [0.4, 0.5) is 0 Å². The van der Waals surface area contributed by atoms with Gasteiger partial charge in [0.25, 0.3) is 0 Å². The Morgan fingerprint density at radius 3 is 2.65 bits per heavy atom. The minimum atomic E-state index is 0.335. The monoisotopic (exact) mass is 378 g/mol. The Labute approximate surface area is 163 Å². The first kappa shape index (κ1) is 21.1. The zero-order chi connectivity index (χ0) is 18.9. The molecule has 1 aromatic carbocycles. The summed E-state index contributed by atoms with van der Waals surface area (Å²) in [5.74, 6) is 0.862. The third-order valence-corrected chi connectivity index (χ3v) is 5.37. The number of benzene rings is 1. The standard InChI is InChI=1S/C20H34N4OS/c1-15-7-8-18(19(11-15)26-5)12-23-20(21-4)22-9-6-10-24-13-16(2)25-17(3)14-24/h7-8,11,16-17H,6,9-10,12-14H2,1-5H3,(H2,21,22,23). The molecule has 1 aromatic rings. The quantitative estimate of drug-likeness (QED) is 0.331. The largest absolute Gasteiger partial charge is 0.373 e. The third-order valence-electron chi connectivity index (χ3n) is 4.55. The van der Waals surface area contributed by atoms with Crippen molar-refractivity contribution >= 4 is 17.7 Å². The molecule has 1 saturated heterocycles. The molecule has 5 nitrogen and oxygen atoms in total. The summed E-state index contributed by atoms with van der Waals surface area (Å²) < 4.78 is 5.79. The fourth-order valence-electron chi connectivity index (χ4n) is 3.37. The molecule has 0 spiro atoms. The van der Waals surface area contributed by atoms with Gasteiger partial charge in [0.05, 0.1) is 12.2 Å². The second-order valence-electron chi connectivity index (χ2n) is 7.04. The summed E-state index contributed by atoms with van der Waals surface area (Å²) in [6, 6.07) is 6.60. The first-order valence-electron chi connectivity index (χ1n) is 9.47. The van der Waals surface area contributed by atoms with Crippen molar-refractivity contribution < 1.29 is 4.74 Å². The number of guanidine groups is 1. The van der Waals surface area contributed by atoms with E-state index in [0.717, 1.165) is 45.1 Å². The Balaban J connectivity index is 1.71. The molecule has 1 aliphatic rings. The highest BCUT2D eigenvalue weighted by Gasteiger charge is 2.21. The van der Waals surface area contributed by atoms with Crippen molar-refractivity contribution in [2.45, 2.75) is 50.8 Å². The lowest BCUT2D eigenvalue weighted by Crippen LogP contribution is -2.46. The number of rotatable bonds is 7. The minimum absolute atomic E-state index is 0.335. The van der Waals surface area contributed by atoms with Crippen LogP contribution in [0.3, 0.4) is 0 Å². The predicted octanol–water partition coefficient (Wildman–Crippen LogP) is 2.88. The van der Waals surface area contributed by atoms with E-state index in [2.05, 4.69) is 65.8 Å². The summed E-state index contributed by atoms with van der Waals surface area (Å²) in [5.41, 5.74) is 2.61. The van der Waals surface area contributed by atoms with Crippen molar-refractivity contribution in [3.05, 3.63) is 29.3 Å². The van der Waals surface area contributed by atoms with Gasteiger partial charge in [0, 0.05) is 44.7 Å². The van der Waals surface area contributed by atoms with Gasteiger partial charge >= 0.3 is 0 Å². The van der Waals surface area contributed by atoms with Gasteiger partial charge in [-0.05, 0) is 50.6 Å². The number of nitrogens with zero attached hydrogens (tertiary/aromatic N) is 2. The molecule has 2 rings (SSSR count). The van der Waals surface area contributed by atoms with Gasteiger partial charge in [-0.1, -0.05) is 12.1 Å². The number of nitrogens with one attached hydrogen (secondary N) is 2. The SMILES string of the molecule is CN=C(NCCCN1CC(C)OC(C)C1)NCc1ccc(C)cc1SC. The molecule has 26 heavy (non-hydrogen) atoms. The lowest BCUT2D eigenvalue weighted by atomic mass is 10.1. The van der Waals surface area contributed by atoms with E-state index in [4.69, 9.17) is 4.74 Å². The molecule has 2 N–H and O–H groups in total. The van der Waals surface area contributed by atoms with Crippen molar-refractivity contribution in [1.29, 1.82) is 0 Å². The van der Waals surface area contributed by atoms with E-state index in [-0.39, 0.29) is 0 Å². The number of ether oxygens (including phenoxy) is 1. The first-order valence-corrected chi connectivity index (χ1v) is 10.7. The molecule has 146 valence electrons. The highest BCUT2D eigenvalue weighted by atomic mass is 32.2. The second kappa shape index (κ2) is 10.8. The second-order valence-corrected chi connectivity index (χ2v) is 7.89. The Morgan fingerprint density at radius 1 is 1.27 bits per heavy atom. The van der Waals surface area contributed by atoms with Crippen LogP contribution in [-0.2, 0) is 11.3 Å². The van der Waals surface area contributed by atoms with Gasteiger partial charge in [-0.2, -0.15) is 0 Å². The van der Waals surface area contributed by atoms with Crippen molar-refractivity contribution in [3.63, 3.8) is 0 Å². The van der Waals surface area contributed by atoms with E-state index in [1.165, 1.54) is 16.0 Å². The number of aryl methyl sites for hydroxylation is 1. The number of morpholine rings is 1. The van der Waals surface area contributed by atoms with Crippen LogP contribution >= 0.6 is 11.8 Å². The minimum Gasteiger partial charge on any atom is -0.373 e. The van der Waals surface area contributed by atoms with Crippen LogP contribution in [0.25, 0.3) is 0 Å². The molecule has 1 heterocycles. The molecular weight excluding hydrogens is 344 g/mol. The van der Waals surface area contributed by atoms with E-state index in [9.17, 15) is 0 Å². The molecule has 1 fully saturated rings. The fourth-order valence-corrected chi connectivity index (χ4v) is 4.08. The Kier molecular flexibility index (Phi) is 8.75. The zero-order valence-corrected chi connectivity index (χ0v) is 17.7. The van der Waals surface area contributed by atoms with Crippen molar-refractivity contribution in [2.24, 2.45) is 4.99 Å². The van der Waals surface area contributed by atoms with Gasteiger partial charge in [-0.15, -0.1) is 11.8 Å². The van der Waals surface area contributed by atoms with E-state index < -0.39 is 0 Å². The summed E-state index contributed by atoms with van der Waals surface area (Å²) in [7, 11) is 1.82. The van der Waals surface area contributed by atoms with Crippen molar-refractivity contribution in [2.75, 3.05) is 39.5 Å². The Morgan fingerprint density at radius 2 is 2.00 bits per heavy atom. The Hall–Kier alpha value is -1.24. The first-order chi connectivity index (χ1) is 12.5. The van der Waals surface area contributed by atoms with Gasteiger partial charge in [0.2, 0.25) is 0 Å². The average molecular weight is 379 g/mol. The molecule has 0 saturated carbocycles. The molecule has 0 aromatic heterocycles. The smallest absolute Gasteiger partial charge is 0.191 e. The molecule has 0 amide bonds. The number of hydrogen-bond donors (Lipinski definition) is 2. The van der Waals surface area contributed by atoms with Crippen LogP contribution in [0, 0.1) is 6.92 Å². The number of aliphatic imine (C=N–C) groups is 1. The number of thioether (sulfide) groups is 1. The van der Waals surface area contributed by atoms with Crippen LogP contribution in [0.15, 0.2) is 28.1 Å². The molecule has 0 bridgehead atoms. The molecule has 0 radical (unpaired) electrons. The Bertz CT molecular complexity index is 583. The molecular formula is C20H34N4OS.